The minimum atomic E-state index is -4.49. The van der Waals surface area contributed by atoms with E-state index in [2.05, 4.69) is 9.97 Å². The molecule has 2 aromatic rings. The number of aromatic nitrogens is 2. The Bertz CT molecular complexity index is 758. The number of fused-ring (bicyclic) bond motifs is 1. The lowest BCUT2D eigenvalue weighted by Gasteiger charge is -2.12. The van der Waals surface area contributed by atoms with Crippen LogP contribution in [0.4, 0.5) is 13.2 Å². The lowest BCUT2D eigenvalue weighted by Crippen LogP contribution is -2.15. The largest absolute Gasteiger partial charge is 0.417 e. The van der Waals surface area contributed by atoms with E-state index < -0.39 is 17.3 Å². The Kier molecular flexibility index (Phi) is 3.89. The van der Waals surface area contributed by atoms with E-state index in [1.165, 1.54) is 18.2 Å². The van der Waals surface area contributed by atoms with Crippen molar-refractivity contribution in [3.63, 3.8) is 0 Å². The minimum Gasteiger partial charge on any atom is -0.310 e. The SMILES string of the molecule is C/C=C/c1cc2c(=O)[nH]c(C(C)C)nc2cc1C(F)(F)F. The summed E-state index contributed by atoms with van der Waals surface area (Å²) >= 11 is 0. The van der Waals surface area contributed by atoms with Crippen molar-refractivity contribution in [2.75, 3.05) is 0 Å². The van der Waals surface area contributed by atoms with Gasteiger partial charge >= 0.3 is 6.18 Å². The van der Waals surface area contributed by atoms with Gasteiger partial charge in [0.2, 0.25) is 0 Å². The molecule has 0 amide bonds. The number of hydrogen-bond acceptors (Lipinski definition) is 2. The molecule has 0 aliphatic rings. The molecule has 0 radical (unpaired) electrons. The first-order chi connectivity index (χ1) is 9.74. The average molecular weight is 296 g/mol. The van der Waals surface area contributed by atoms with E-state index in [0.29, 0.717) is 5.82 Å². The highest BCUT2D eigenvalue weighted by Gasteiger charge is 2.33. The standard InChI is InChI=1S/C15H15F3N2O/c1-4-5-9-6-10-12(7-11(9)15(16,17)18)19-13(8(2)3)20-14(10)21/h4-8H,1-3H3,(H,19,20,21)/b5-4+. The third-order valence-corrected chi connectivity index (χ3v) is 3.09. The lowest BCUT2D eigenvalue weighted by molar-refractivity contribution is -0.137. The second-order valence-corrected chi connectivity index (χ2v) is 5.06. The van der Waals surface area contributed by atoms with Crippen LogP contribution >= 0.6 is 0 Å². The Morgan fingerprint density at radius 3 is 2.48 bits per heavy atom. The monoisotopic (exact) mass is 296 g/mol. The number of benzene rings is 1. The average Bonchev–Trinajstić information content (AvgIpc) is 2.37. The summed E-state index contributed by atoms with van der Waals surface area (Å²) in [5.74, 6) is 0.297. The number of H-pyrrole nitrogens is 1. The quantitative estimate of drug-likeness (QED) is 0.907. The van der Waals surface area contributed by atoms with Gasteiger partial charge in [-0.05, 0) is 24.6 Å². The molecule has 1 heterocycles. The van der Waals surface area contributed by atoms with Gasteiger partial charge in [0.1, 0.15) is 5.82 Å². The molecule has 21 heavy (non-hydrogen) atoms. The molecule has 0 spiro atoms. The normalized spacial score (nSPS) is 12.7. The van der Waals surface area contributed by atoms with Crippen molar-refractivity contribution in [2.45, 2.75) is 32.9 Å². The molecular weight excluding hydrogens is 281 g/mol. The number of nitrogens with one attached hydrogen (secondary N) is 1. The van der Waals surface area contributed by atoms with E-state index in [0.717, 1.165) is 6.07 Å². The summed E-state index contributed by atoms with van der Waals surface area (Å²) in [6.07, 6.45) is -1.66. The molecule has 1 aromatic heterocycles. The Morgan fingerprint density at radius 2 is 1.95 bits per heavy atom. The van der Waals surface area contributed by atoms with Gasteiger partial charge in [0.15, 0.2) is 0 Å². The Hall–Kier alpha value is -2.11. The van der Waals surface area contributed by atoms with Gasteiger partial charge in [0.25, 0.3) is 5.56 Å². The molecule has 112 valence electrons. The fraction of sp³-hybridized carbons (Fsp3) is 0.333. The van der Waals surface area contributed by atoms with Crippen LogP contribution in [0.1, 0.15) is 43.6 Å². The van der Waals surface area contributed by atoms with Gasteiger partial charge < -0.3 is 4.98 Å². The smallest absolute Gasteiger partial charge is 0.310 e. The van der Waals surface area contributed by atoms with E-state index >= 15 is 0 Å². The van der Waals surface area contributed by atoms with Gasteiger partial charge in [0.05, 0.1) is 16.5 Å². The van der Waals surface area contributed by atoms with Crippen LogP contribution in [0.2, 0.25) is 0 Å². The molecule has 0 saturated carbocycles. The molecule has 0 aliphatic carbocycles. The lowest BCUT2D eigenvalue weighted by atomic mass is 10.0. The molecule has 0 fully saturated rings. The molecule has 6 heteroatoms. The van der Waals surface area contributed by atoms with Crippen LogP contribution < -0.4 is 5.56 Å². The van der Waals surface area contributed by atoms with Gasteiger partial charge in [-0.2, -0.15) is 13.2 Å². The molecule has 0 bridgehead atoms. The van der Waals surface area contributed by atoms with E-state index in [4.69, 9.17) is 0 Å². The van der Waals surface area contributed by atoms with Crippen molar-refractivity contribution in [2.24, 2.45) is 0 Å². The maximum atomic E-state index is 13.1. The van der Waals surface area contributed by atoms with Crippen LogP contribution in [0.25, 0.3) is 17.0 Å². The summed E-state index contributed by atoms with van der Waals surface area (Å²) in [4.78, 5) is 18.8. The number of halogens is 3. The first-order valence-electron chi connectivity index (χ1n) is 6.52. The maximum absolute atomic E-state index is 13.1. The summed E-state index contributed by atoms with van der Waals surface area (Å²) in [6.45, 7) is 5.24. The highest BCUT2D eigenvalue weighted by molar-refractivity contribution is 5.82. The highest BCUT2D eigenvalue weighted by Crippen LogP contribution is 2.34. The first kappa shape index (κ1) is 15.3. The third-order valence-electron chi connectivity index (χ3n) is 3.09. The zero-order chi connectivity index (χ0) is 15.8. The van der Waals surface area contributed by atoms with Crippen LogP contribution in [0, 0.1) is 0 Å². The zero-order valence-corrected chi connectivity index (χ0v) is 11.9. The van der Waals surface area contributed by atoms with Crippen molar-refractivity contribution >= 4 is 17.0 Å². The fourth-order valence-electron chi connectivity index (χ4n) is 2.06. The molecule has 0 atom stereocenters. The Morgan fingerprint density at radius 1 is 1.29 bits per heavy atom. The van der Waals surface area contributed by atoms with Crippen LogP contribution in [-0.2, 0) is 6.18 Å². The third kappa shape index (κ3) is 2.99. The molecule has 0 aliphatic heterocycles. The topological polar surface area (TPSA) is 45.8 Å². The van der Waals surface area contributed by atoms with Gasteiger partial charge in [-0.25, -0.2) is 4.98 Å². The number of allylic oxidation sites excluding steroid dienone is 1. The van der Waals surface area contributed by atoms with Crippen molar-refractivity contribution in [1.29, 1.82) is 0 Å². The van der Waals surface area contributed by atoms with Crippen molar-refractivity contribution in [1.82, 2.24) is 9.97 Å². The van der Waals surface area contributed by atoms with Crippen LogP contribution in [-0.4, -0.2) is 9.97 Å². The second-order valence-electron chi connectivity index (χ2n) is 5.06. The number of rotatable bonds is 2. The molecule has 0 unspecified atom stereocenters. The van der Waals surface area contributed by atoms with Crippen LogP contribution in [0.15, 0.2) is 23.0 Å². The van der Waals surface area contributed by atoms with E-state index in [1.807, 2.05) is 13.8 Å². The predicted molar refractivity (Wildman–Crippen MR) is 76.2 cm³/mol. The summed E-state index contributed by atoms with van der Waals surface area (Å²) in [5, 5.41) is 0.153. The molecule has 3 nitrogen and oxygen atoms in total. The first-order valence-corrected chi connectivity index (χ1v) is 6.52. The summed E-state index contributed by atoms with van der Waals surface area (Å²) < 4.78 is 39.3. The molecular formula is C15H15F3N2O. The number of hydrogen-bond donors (Lipinski definition) is 1. The fourth-order valence-corrected chi connectivity index (χ4v) is 2.06. The maximum Gasteiger partial charge on any atom is 0.417 e. The Balaban J connectivity index is 2.85. The van der Waals surface area contributed by atoms with Gasteiger partial charge in [-0.1, -0.05) is 26.0 Å². The summed E-state index contributed by atoms with van der Waals surface area (Å²) in [5.41, 5.74) is -1.20. The second kappa shape index (κ2) is 5.35. The van der Waals surface area contributed by atoms with Gasteiger partial charge in [-0.3, -0.25) is 4.79 Å². The van der Waals surface area contributed by atoms with E-state index in [9.17, 15) is 18.0 Å². The number of alkyl halides is 3. The zero-order valence-electron chi connectivity index (χ0n) is 11.9. The Labute approximate surface area is 119 Å². The molecule has 2 rings (SSSR count). The minimum absolute atomic E-state index is 0.0397. The van der Waals surface area contributed by atoms with Crippen molar-refractivity contribution in [3.8, 4) is 0 Å². The van der Waals surface area contributed by atoms with Gasteiger partial charge in [0, 0.05) is 5.92 Å². The van der Waals surface area contributed by atoms with Crippen molar-refractivity contribution in [3.05, 3.63) is 45.5 Å². The molecule has 0 saturated heterocycles. The van der Waals surface area contributed by atoms with Gasteiger partial charge in [-0.15, -0.1) is 0 Å². The summed E-state index contributed by atoms with van der Waals surface area (Å²) in [6, 6.07) is 2.17. The molecule has 1 aromatic carbocycles. The van der Waals surface area contributed by atoms with Crippen LogP contribution in [0.3, 0.4) is 0 Å². The van der Waals surface area contributed by atoms with E-state index in [1.54, 1.807) is 6.92 Å². The van der Waals surface area contributed by atoms with E-state index in [-0.39, 0.29) is 22.4 Å². The van der Waals surface area contributed by atoms with Crippen molar-refractivity contribution < 1.29 is 13.2 Å². The predicted octanol–water partition coefficient (Wildman–Crippen LogP) is 4.10. The van der Waals surface area contributed by atoms with Crippen LogP contribution in [0.5, 0.6) is 0 Å². The number of nitrogens with zero attached hydrogens (tertiary/aromatic N) is 1. The highest BCUT2D eigenvalue weighted by atomic mass is 19.4. The summed E-state index contributed by atoms with van der Waals surface area (Å²) in [7, 11) is 0. The number of aromatic amines is 1. The molecule has 1 N–H and O–H groups in total.